The molecule has 0 atom stereocenters. The Balaban J connectivity index is 0.634. The molecule has 0 aliphatic heterocycles. The lowest BCUT2D eigenvalue weighted by Gasteiger charge is -2.25. The molecule has 9 nitrogen and oxygen atoms in total. The second-order valence-electron chi connectivity index (χ2n) is 24.7. The van der Waals surface area contributed by atoms with Crippen LogP contribution in [-0.4, -0.2) is 17.9 Å². The topological polar surface area (TPSA) is 88.6 Å². The molecule has 0 N–H and O–H groups in total. The Labute approximate surface area is 599 Å². The van der Waals surface area contributed by atoms with Crippen molar-refractivity contribution < 1.29 is 28.6 Å². The molecule has 0 radical (unpaired) electrons. The number of hydrogen-bond donors (Lipinski definition) is 0. The van der Waals surface area contributed by atoms with Gasteiger partial charge in [-0.3, -0.25) is 0 Å². The monoisotopic (exact) mass is 1330 g/mol. The van der Waals surface area contributed by atoms with Gasteiger partial charge in [0.2, 0.25) is 0 Å². The fourth-order valence-electron chi connectivity index (χ4n) is 12.9. The first-order valence-corrected chi connectivity index (χ1v) is 34.1. The Morgan fingerprint density at radius 1 is 0.184 bits per heavy atom. The highest BCUT2D eigenvalue weighted by Gasteiger charge is 2.22. The molecule has 0 saturated carbocycles. The number of nitrogens with zero attached hydrogens (tertiary/aromatic N) is 3. The van der Waals surface area contributed by atoms with Crippen LogP contribution in [-0.2, 0) is 0 Å². The van der Waals surface area contributed by atoms with Crippen LogP contribution in [0.2, 0.25) is 0 Å². The number of carbonyl (C=O) groups excluding carboxylic acids is 3. The highest BCUT2D eigenvalue weighted by atomic mass is 16.5. The molecule has 0 spiro atoms. The predicted octanol–water partition coefficient (Wildman–Crippen LogP) is 23.9. The number of para-hydroxylation sites is 6. The van der Waals surface area contributed by atoms with E-state index in [-0.39, 0.29) is 5.92 Å². The summed E-state index contributed by atoms with van der Waals surface area (Å²) in [6.45, 7) is 0. The SMILES string of the molecule is O=C(Oc1ccc(C(c2ccc(OC(=O)c3ccc(-c4ccc(N(c5ccccc5)c5ccccc5)cc4)cc3)cc2)c2ccc(OC(=O)c3ccc(-c4ccc(N(c5ccccc5)c5ccccc5)cc4)cc3)cc2)cc1)c1ccc(-c2ccc(N(c3ccccc3)c3ccccc3)cc2)cc1. The van der Waals surface area contributed by atoms with Crippen molar-refractivity contribution in [1.29, 1.82) is 0 Å². The fourth-order valence-corrected chi connectivity index (χ4v) is 12.9. The standard InChI is InChI=1S/C94H67N3O6/c98-92(76-37-31-67(32-38-76)70-43-55-85(56-44-70)95(79-19-7-1-8-20-79)80-21-9-2-10-22-80)101-88-61-49-73(50-62-88)91(74-51-63-89(64-52-74)102-93(99)77-39-33-68(34-40-77)71-45-57-86(58-46-71)96(81-23-11-3-12-24-81)82-25-13-4-14-26-82)75-53-65-90(66-54-75)103-94(100)78-41-35-69(36-42-78)72-47-59-87(60-48-72)97(83-27-15-5-16-28-83)84-29-17-6-18-30-84/h1-66,91H. The van der Waals surface area contributed by atoms with Gasteiger partial charge in [-0.2, -0.15) is 0 Å². The molecule has 0 aliphatic carbocycles. The molecule has 15 aromatic rings. The zero-order valence-electron chi connectivity index (χ0n) is 56.0. The summed E-state index contributed by atoms with van der Waals surface area (Å²) in [5.41, 5.74) is 19.2. The zero-order chi connectivity index (χ0) is 69.7. The van der Waals surface area contributed by atoms with Gasteiger partial charge in [0.25, 0.3) is 0 Å². The predicted molar refractivity (Wildman–Crippen MR) is 415 cm³/mol. The van der Waals surface area contributed by atoms with Gasteiger partial charge in [0, 0.05) is 57.1 Å². The lowest BCUT2D eigenvalue weighted by molar-refractivity contribution is 0.0725. The number of carbonyl (C=O) groups is 3. The van der Waals surface area contributed by atoms with E-state index in [9.17, 15) is 14.4 Å². The smallest absolute Gasteiger partial charge is 0.343 e. The first-order chi connectivity index (χ1) is 50.8. The number of anilines is 9. The maximum absolute atomic E-state index is 13.8. The molecule has 0 amide bonds. The largest absolute Gasteiger partial charge is 0.423 e. The molecule has 0 heterocycles. The van der Waals surface area contributed by atoms with Crippen LogP contribution in [0.3, 0.4) is 0 Å². The summed E-state index contributed by atoms with van der Waals surface area (Å²) in [5, 5.41) is 0. The molecule has 0 bridgehead atoms. The summed E-state index contributed by atoms with van der Waals surface area (Å²) in [6, 6.07) is 131. The Bertz CT molecular complexity index is 4650. The van der Waals surface area contributed by atoms with Crippen molar-refractivity contribution in [1.82, 2.24) is 0 Å². The number of hydrogen-bond acceptors (Lipinski definition) is 9. The van der Waals surface area contributed by atoms with Crippen molar-refractivity contribution in [2.24, 2.45) is 0 Å². The van der Waals surface area contributed by atoms with Gasteiger partial charge in [-0.05, 0) is 232 Å². The van der Waals surface area contributed by atoms with Crippen molar-refractivity contribution in [3.05, 3.63) is 434 Å². The van der Waals surface area contributed by atoms with Crippen molar-refractivity contribution in [3.8, 4) is 50.6 Å². The van der Waals surface area contributed by atoms with Gasteiger partial charge in [0.05, 0.1) is 16.7 Å². The maximum atomic E-state index is 13.8. The van der Waals surface area contributed by atoms with E-state index in [1.54, 1.807) is 72.8 Å². The number of rotatable bonds is 21. The second kappa shape index (κ2) is 30.5. The summed E-state index contributed by atoms with van der Waals surface area (Å²) in [6.07, 6.45) is 0. The molecule has 0 fully saturated rings. The number of esters is 3. The first-order valence-electron chi connectivity index (χ1n) is 34.1. The summed E-state index contributed by atoms with van der Waals surface area (Å²) < 4.78 is 18.0. The minimum atomic E-state index is -0.490. The van der Waals surface area contributed by atoms with Gasteiger partial charge in [-0.1, -0.05) is 218 Å². The molecular weight excluding hydrogens is 1270 g/mol. The summed E-state index contributed by atoms with van der Waals surface area (Å²) >= 11 is 0. The fraction of sp³-hybridized carbons (Fsp3) is 0.0106. The molecular formula is C94H67N3O6. The molecule has 9 heteroatoms. The highest BCUT2D eigenvalue weighted by Crippen LogP contribution is 2.41. The Hall–Kier alpha value is -13.9. The summed E-state index contributed by atoms with van der Waals surface area (Å²) in [5.74, 6) is -0.709. The van der Waals surface area contributed by atoms with Crippen LogP contribution < -0.4 is 28.9 Å². The van der Waals surface area contributed by atoms with E-state index in [4.69, 9.17) is 14.2 Å². The van der Waals surface area contributed by atoms with E-state index in [1.807, 2.05) is 182 Å². The van der Waals surface area contributed by atoms with E-state index >= 15 is 0 Å². The Morgan fingerprint density at radius 2 is 0.350 bits per heavy atom. The van der Waals surface area contributed by atoms with E-state index < -0.39 is 17.9 Å². The minimum Gasteiger partial charge on any atom is -0.423 e. The average Bonchev–Trinajstić information content (AvgIpc) is 0.789. The second-order valence-corrected chi connectivity index (χ2v) is 24.7. The van der Waals surface area contributed by atoms with E-state index in [0.29, 0.717) is 33.9 Å². The zero-order valence-corrected chi connectivity index (χ0v) is 56.0. The van der Waals surface area contributed by atoms with Crippen molar-refractivity contribution in [2.75, 3.05) is 14.7 Å². The van der Waals surface area contributed by atoms with Crippen LogP contribution in [0.4, 0.5) is 51.2 Å². The molecule has 0 aliphatic rings. The van der Waals surface area contributed by atoms with Gasteiger partial charge >= 0.3 is 17.9 Å². The van der Waals surface area contributed by atoms with E-state index in [0.717, 1.165) is 101 Å². The first kappa shape index (κ1) is 65.1. The molecule has 0 unspecified atom stereocenters. The van der Waals surface area contributed by atoms with Crippen LogP contribution >= 0.6 is 0 Å². The lowest BCUT2D eigenvalue weighted by Crippen LogP contribution is -2.10. The summed E-state index contributed by atoms with van der Waals surface area (Å²) in [4.78, 5) is 48.0. The third-order valence-electron chi connectivity index (χ3n) is 18.1. The van der Waals surface area contributed by atoms with Crippen molar-refractivity contribution in [3.63, 3.8) is 0 Å². The quantitative estimate of drug-likeness (QED) is 0.0396. The van der Waals surface area contributed by atoms with Crippen LogP contribution in [0.5, 0.6) is 17.2 Å². The minimum absolute atomic E-state index is 0.358. The van der Waals surface area contributed by atoms with Crippen LogP contribution in [0.15, 0.2) is 400 Å². The number of ether oxygens (including phenoxy) is 3. The van der Waals surface area contributed by atoms with Crippen molar-refractivity contribution in [2.45, 2.75) is 5.92 Å². The third kappa shape index (κ3) is 15.1. The summed E-state index contributed by atoms with van der Waals surface area (Å²) in [7, 11) is 0. The Kier molecular flexibility index (Phi) is 19.3. The molecule has 15 aromatic carbocycles. The Morgan fingerprint density at radius 3 is 0.534 bits per heavy atom. The number of benzene rings is 15. The van der Waals surface area contributed by atoms with Gasteiger partial charge in [-0.25, -0.2) is 14.4 Å². The van der Waals surface area contributed by atoms with Gasteiger partial charge in [-0.15, -0.1) is 0 Å². The van der Waals surface area contributed by atoms with Gasteiger partial charge in [0.1, 0.15) is 17.2 Å². The maximum Gasteiger partial charge on any atom is 0.343 e. The van der Waals surface area contributed by atoms with Crippen LogP contribution in [0.1, 0.15) is 53.7 Å². The molecule has 103 heavy (non-hydrogen) atoms. The normalized spacial score (nSPS) is 10.9. The van der Waals surface area contributed by atoms with Gasteiger partial charge in [0.15, 0.2) is 0 Å². The highest BCUT2D eigenvalue weighted by molar-refractivity contribution is 5.94. The van der Waals surface area contributed by atoms with E-state index in [1.165, 1.54) is 0 Å². The molecule has 0 saturated heterocycles. The molecule has 15 rings (SSSR count). The third-order valence-corrected chi connectivity index (χ3v) is 18.1. The van der Waals surface area contributed by atoms with Crippen molar-refractivity contribution >= 4 is 69.1 Å². The lowest BCUT2D eigenvalue weighted by atomic mass is 9.85. The average molecular weight is 1330 g/mol. The van der Waals surface area contributed by atoms with Crippen LogP contribution in [0, 0.1) is 0 Å². The molecule has 0 aromatic heterocycles. The van der Waals surface area contributed by atoms with Crippen LogP contribution in [0.25, 0.3) is 33.4 Å². The van der Waals surface area contributed by atoms with Gasteiger partial charge < -0.3 is 28.9 Å². The molecule has 494 valence electrons. The van der Waals surface area contributed by atoms with E-state index in [2.05, 4.69) is 160 Å².